The fourth-order valence-electron chi connectivity index (χ4n) is 3.23. The molecule has 2 amide bonds. The number of carbonyl (C=O) groups is 2. The fraction of sp³-hybridized carbons (Fsp3) is 0.500. The van der Waals surface area contributed by atoms with Crippen LogP contribution in [0.5, 0.6) is 0 Å². The Bertz CT molecular complexity index is 915. The van der Waals surface area contributed by atoms with Crippen molar-refractivity contribution in [2.75, 3.05) is 13.7 Å². The molecule has 0 aliphatic rings. The van der Waals surface area contributed by atoms with Crippen molar-refractivity contribution in [3.8, 4) is 0 Å². The van der Waals surface area contributed by atoms with Crippen LogP contribution in [0.1, 0.15) is 32.8 Å². The smallest absolute Gasteiger partial charge is 0.361 e. The molecule has 2 aromatic rings. The van der Waals surface area contributed by atoms with Gasteiger partial charge in [-0.15, -0.1) is 0 Å². The number of carbonyl (C=O) groups excluding carboxylic acids is 2. The Labute approximate surface area is 176 Å². The van der Waals surface area contributed by atoms with Gasteiger partial charge in [-0.05, 0) is 24.5 Å². The largest absolute Gasteiger partial charge is 0.403 e. The van der Waals surface area contributed by atoms with Crippen LogP contribution in [-0.2, 0) is 25.1 Å². The summed E-state index contributed by atoms with van der Waals surface area (Å²) >= 11 is 0. The van der Waals surface area contributed by atoms with E-state index < -0.39 is 25.7 Å². The van der Waals surface area contributed by atoms with Gasteiger partial charge in [-0.25, -0.2) is 9.65 Å². The Hall–Kier alpha value is -2.19. The van der Waals surface area contributed by atoms with Crippen molar-refractivity contribution in [3.63, 3.8) is 0 Å². The van der Waals surface area contributed by atoms with Crippen molar-refractivity contribution < 1.29 is 23.6 Å². The van der Waals surface area contributed by atoms with Crippen LogP contribution in [0.4, 0.5) is 0 Å². The molecule has 166 valence electrons. The molecule has 0 radical (unpaired) electrons. The molecule has 0 saturated carbocycles. The van der Waals surface area contributed by atoms with E-state index in [1.54, 1.807) is 13.8 Å². The number of hydrogen-bond acceptors (Lipinski definition) is 4. The molecule has 1 aromatic heterocycles. The third-order valence-corrected chi connectivity index (χ3v) is 6.29. The van der Waals surface area contributed by atoms with Gasteiger partial charge in [0.05, 0.1) is 12.6 Å². The molecule has 30 heavy (non-hydrogen) atoms. The highest BCUT2D eigenvalue weighted by molar-refractivity contribution is 7.50. The van der Waals surface area contributed by atoms with Crippen molar-refractivity contribution >= 4 is 30.5 Å². The monoisotopic (exact) mass is 438 g/mol. The predicted octanol–water partition coefficient (Wildman–Crippen LogP) is 2.08. The van der Waals surface area contributed by atoms with Gasteiger partial charge in [0.25, 0.3) is 0 Å². The average molecular weight is 438 g/mol. The van der Waals surface area contributed by atoms with Crippen molar-refractivity contribution in [2.45, 2.75) is 45.7 Å². The fourth-order valence-corrected chi connectivity index (χ4v) is 4.38. The van der Waals surface area contributed by atoms with Crippen LogP contribution in [0.2, 0.25) is 0 Å². The van der Waals surface area contributed by atoms with Gasteiger partial charge in [0.2, 0.25) is 11.8 Å². The third-order valence-electron chi connectivity index (χ3n) is 5.08. The lowest BCUT2D eigenvalue weighted by Crippen LogP contribution is -2.54. The molecule has 0 spiro atoms. The number of rotatable bonds is 11. The van der Waals surface area contributed by atoms with E-state index in [0.717, 1.165) is 16.5 Å². The van der Waals surface area contributed by atoms with E-state index in [4.69, 9.17) is 4.52 Å². The molecule has 1 unspecified atom stereocenters. The maximum atomic E-state index is 13.0. The van der Waals surface area contributed by atoms with Crippen LogP contribution >= 0.6 is 7.75 Å². The van der Waals surface area contributed by atoms with Gasteiger partial charge in [0, 0.05) is 30.6 Å². The Morgan fingerprint density at radius 1 is 1.23 bits per heavy atom. The first-order valence-corrected chi connectivity index (χ1v) is 11.6. The zero-order chi connectivity index (χ0) is 22.3. The maximum Gasteiger partial charge on any atom is 0.403 e. The summed E-state index contributed by atoms with van der Waals surface area (Å²) in [6.45, 7) is 5.28. The third kappa shape index (κ3) is 6.15. The highest BCUT2D eigenvalue weighted by Gasteiger charge is 2.34. The van der Waals surface area contributed by atoms with Crippen LogP contribution in [0.25, 0.3) is 10.9 Å². The Morgan fingerprint density at radius 3 is 2.57 bits per heavy atom. The van der Waals surface area contributed by atoms with Crippen LogP contribution < -0.4 is 15.7 Å². The number of fused-ring (bicyclic) bond motifs is 1. The summed E-state index contributed by atoms with van der Waals surface area (Å²) in [5.41, 5.74) is 1.82. The summed E-state index contributed by atoms with van der Waals surface area (Å²) in [6.07, 6.45) is 2.67. The Morgan fingerprint density at radius 2 is 1.93 bits per heavy atom. The normalized spacial score (nSPS) is 16.4. The van der Waals surface area contributed by atoms with E-state index >= 15 is 0 Å². The average Bonchev–Trinajstić information content (AvgIpc) is 3.13. The maximum absolute atomic E-state index is 13.0. The summed E-state index contributed by atoms with van der Waals surface area (Å²) in [7, 11) is -2.65. The van der Waals surface area contributed by atoms with E-state index in [0.29, 0.717) is 6.42 Å². The molecule has 4 atom stereocenters. The zero-order valence-electron chi connectivity index (χ0n) is 17.8. The molecule has 9 nitrogen and oxygen atoms in total. The first-order valence-electron chi connectivity index (χ1n) is 10.0. The molecule has 0 aliphatic heterocycles. The van der Waals surface area contributed by atoms with Gasteiger partial charge >= 0.3 is 7.75 Å². The summed E-state index contributed by atoms with van der Waals surface area (Å²) in [4.78, 5) is 38.6. The van der Waals surface area contributed by atoms with E-state index in [9.17, 15) is 19.0 Å². The second kappa shape index (κ2) is 10.7. The summed E-state index contributed by atoms with van der Waals surface area (Å²) < 4.78 is 17.0. The SMILES string of the molecule is CCOP(=O)(O)N[C@H](C(=O)N[C@@H](Cc1c[nH]c2ccccc12)C(=O)NC)[C@@H](C)CC. The number of amides is 2. The second-order valence-corrected chi connectivity index (χ2v) is 8.73. The van der Waals surface area contributed by atoms with Crippen LogP contribution in [-0.4, -0.2) is 47.4 Å². The molecule has 0 saturated heterocycles. The number of nitrogens with one attached hydrogen (secondary N) is 4. The minimum absolute atomic E-state index is 0.0249. The first kappa shape index (κ1) is 24.1. The topological polar surface area (TPSA) is 133 Å². The second-order valence-electron chi connectivity index (χ2n) is 7.17. The molecule has 10 heteroatoms. The molecule has 1 aromatic carbocycles. The first-order chi connectivity index (χ1) is 14.2. The van der Waals surface area contributed by atoms with E-state index in [-0.39, 0.29) is 24.9 Å². The highest BCUT2D eigenvalue weighted by atomic mass is 31.2. The number of para-hydroxylation sites is 1. The molecule has 2 rings (SSSR count). The van der Waals surface area contributed by atoms with Gasteiger partial charge in [-0.2, -0.15) is 0 Å². The number of aromatic amines is 1. The Balaban J connectivity index is 2.23. The quantitative estimate of drug-likeness (QED) is 0.341. The van der Waals surface area contributed by atoms with Gasteiger partial charge in [0.15, 0.2) is 0 Å². The van der Waals surface area contributed by atoms with Crippen molar-refractivity contribution in [3.05, 3.63) is 36.0 Å². The number of aromatic nitrogens is 1. The molecular weight excluding hydrogens is 407 g/mol. The van der Waals surface area contributed by atoms with Crippen molar-refractivity contribution in [2.24, 2.45) is 5.92 Å². The zero-order valence-corrected chi connectivity index (χ0v) is 18.7. The molecule has 5 N–H and O–H groups in total. The van der Waals surface area contributed by atoms with Gasteiger partial charge in [-0.1, -0.05) is 38.5 Å². The Kier molecular flexibility index (Phi) is 8.61. The molecule has 0 aliphatic carbocycles. The van der Waals surface area contributed by atoms with Crippen LogP contribution in [0.3, 0.4) is 0 Å². The van der Waals surface area contributed by atoms with E-state index in [1.165, 1.54) is 7.05 Å². The van der Waals surface area contributed by atoms with E-state index in [1.807, 2.05) is 37.4 Å². The summed E-state index contributed by atoms with van der Waals surface area (Å²) in [6, 6.07) is 5.85. The van der Waals surface area contributed by atoms with Gasteiger partial charge < -0.3 is 20.5 Å². The molecule has 0 fully saturated rings. The van der Waals surface area contributed by atoms with Gasteiger partial charge in [0.1, 0.15) is 6.04 Å². The highest BCUT2D eigenvalue weighted by Crippen LogP contribution is 2.38. The van der Waals surface area contributed by atoms with E-state index in [2.05, 4.69) is 20.7 Å². The van der Waals surface area contributed by atoms with Crippen LogP contribution in [0, 0.1) is 5.92 Å². The van der Waals surface area contributed by atoms with Crippen LogP contribution in [0.15, 0.2) is 30.5 Å². The summed E-state index contributed by atoms with van der Waals surface area (Å²) in [5.74, 6) is -1.15. The molecular formula is C20H31N4O5P. The van der Waals surface area contributed by atoms with Crippen molar-refractivity contribution in [1.29, 1.82) is 0 Å². The van der Waals surface area contributed by atoms with Crippen molar-refractivity contribution in [1.82, 2.24) is 20.7 Å². The summed E-state index contributed by atoms with van der Waals surface area (Å²) in [5, 5.41) is 8.70. The lowest BCUT2D eigenvalue weighted by atomic mass is 9.98. The lowest BCUT2D eigenvalue weighted by Gasteiger charge is -2.27. The standard InChI is InChI=1S/C20H31N4O5P/c1-5-13(3)18(24-30(27,28)29-6-2)20(26)23-17(19(25)21-4)11-14-12-22-16-10-8-7-9-15(14)16/h7-10,12-13,17-18,22H,5-6,11H2,1-4H3,(H,21,25)(H,23,26)(H2,24,27,28)/t13-,17-,18-/m0/s1. The minimum Gasteiger partial charge on any atom is -0.361 e. The number of H-pyrrole nitrogens is 1. The predicted molar refractivity (Wildman–Crippen MR) is 116 cm³/mol. The minimum atomic E-state index is -4.15. The number of hydrogen-bond donors (Lipinski definition) is 5. The lowest BCUT2D eigenvalue weighted by molar-refractivity contribution is -0.130. The molecule has 0 bridgehead atoms. The number of benzene rings is 1. The molecule has 1 heterocycles. The van der Waals surface area contributed by atoms with Gasteiger partial charge in [-0.3, -0.25) is 14.1 Å². The number of likely N-dealkylation sites (N-methyl/N-ethyl adjacent to an activating group) is 1.